The molecule has 2 rings (SSSR count). The van der Waals surface area contributed by atoms with Gasteiger partial charge in [-0.15, -0.1) is 0 Å². The summed E-state index contributed by atoms with van der Waals surface area (Å²) in [6.07, 6.45) is 0.420. The highest BCUT2D eigenvalue weighted by Crippen LogP contribution is 2.40. The predicted molar refractivity (Wildman–Crippen MR) is 88.3 cm³/mol. The molecule has 0 saturated heterocycles. The third-order valence-corrected chi connectivity index (χ3v) is 3.94. The molecular weight excluding hydrogens is 341 g/mol. The summed E-state index contributed by atoms with van der Waals surface area (Å²) >= 11 is 11.5. The highest BCUT2D eigenvalue weighted by Gasteiger charge is 2.21. The smallest absolute Gasteiger partial charge is 0.255 e. The fraction of sp³-hybridized carbons (Fsp3) is 0.188. The van der Waals surface area contributed by atoms with Gasteiger partial charge in [-0.05, 0) is 18.1 Å². The zero-order chi connectivity index (χ0) is 17.0. The molecule has 0 fully saturated rings. The van der Waals surface area contributed by atoms with Crippen LogP contribution in [-0.4, -0.2) is 33.9 Å². The van der Waals surface area contributed by atoms with E-state index in [2.05, 4.69) is 5.32 Å². The van der Waals surface area contributed by atoms with Crippen LogP contribution in [0.3, 0.4) is 0 Å². The van der Waals surface area contributed by atoms with E-state index < -0.39 is 28.5 Å². The van der Waals surface area contributed by atoms with Gasteiger partial charge in [-0.3, -0.25) is 4.79 Å². The lowest BCUT2D eigenvalue weighted by Gasteiger charge is -2.17. The number of hydrogen-bond acceptors (Lipinski definition) is 4. The second-order valence-corrected chi connectivity index (χ2v) is 5.74. The highest BCUT2D eigenvalue weighted by molar-refractivity contribution is 6.38. The van der Waals surface area contributed by atoms with Crippen molar-refractivity contribution < 1.29 is 20.1 Å². The minimum atomic E-state index is -0.652. The van der Waals surface area contributed by atoms with Gasteiger partial charge in [-0.25, -0.2) is 0 Å². The largest absolute Gasteiger partial charge is 0.505 e. The Labute approximate surface area is 143 Å². The molecule has 122 valence electrons. The number of carbonyl (C=O) groups excluding carboxylic acids is 1. The maximum atomic E-state index is 12.3. The molecule has 0 saturated carbocycles. The van der Waals surface area contributed by atoms with Crippen LogP contribution in [0, 0.1) is 0 Å². The van der Waals surface area contributed by atoms with E-state index >= 15 is 0 Å². The molecule has 2 aromatic carbocycles. The summed E-state index contributed by atoms with van der Waals surface area (Å²) in [6.45, 7) is -0.277. The van der Waals surface area contributed by atoms with Gasteiger partial charge in [0.1, 0.15) is 5.02 Å². The molecule has 0 unspecified atom stereocenters. The average Bonchev–Trinajstić information content (AvgIpc) is 2.56. The molecule has 0 aliphatic heterocycles. The van der Waals surface area contributed by atoms with E-state index in [1.807, 2.05) is 30.3 Å². The molecule has 1 atom stereocenters. The Morgan fingerprint density at radius 1 is 1.13 bits per heavy atom. The van der Waals surface area contributed by atoms with Crippen LogP contribution in [0.25, 0.3) is 0 Å². The Bertz CT molecular complexity index is 707. The number of aliphatic hydroxyl groups is 1. The van der Waals surface area contributed by atoms with Crippen molar-refractivity contribution in [2.24, 2.45) is 0 Å². The van der Waals surface area contributed by atoms with Crippen molar-refractivity contribution in [1.82, 2.24) is 5.32 Å². The van der Waals surface area contributed by atoms with Crippen LogP contribution in [-0.2, 0) is 6.42 Å². The van der Waals surface area contributed by atoms with E-state index in [4.69, 9.17) is 23.2 Å². The summed E-state index contributed by atoms with van der Waals surface area (Å²) in [4.78, 5) is 12.3. The van der Waals surface area contributed by atoms with Crippen molar-refractivity contribution in [3.05, 3.63) is 57.6 Å². The third kappa shape index (κ3) is 4.07. The van der Waals surface area contributed by atoms with Gasteiger partial charge >= 0.3 is 0 Å². The standard InChI is InChI=1S/C16H15Cl2NO4/c17-12-7-11(14(21)13(18)15(12)22)16(23)19-10(8-20)6-9-4-2-1-3-5-9/h1-5,7,10,20-22H,6,8H2,(H,19,23)/t10-/m0/s1. The van der Waals surface area contributed by atoms with Crippen LogP contribution in [0.15, 0.2) is 36.4 Å². The molecular formula is C16H15Cl2NO4. The first-order chi connectivity index (χ1) is 10.9. The maximum absolute atomic E-state index is 12.3. The number of halogens is 2. The van der Waals surface area contributed by atoms with E-state index in [0.717, 1.165) is 11.6 Å². The third-order valence-electron chi connectivity index (χ3n) is 3.29. The lowest BCUT2D eigenvalue weighted by Crippen LogP contribution is -2.39. The van der Waals surface area contributed by atoms with E-state index in [1.54, 1.807) is 0 Å². The summed E-state index contributed by atoms with van der Waals surface area (Å²) in [6, 6.07) is 9.91. The molecule has 0 aliphatic carbocycles. The Balaban J connectivity index is 2.17. The number of hydrogen-bond donors (Lipinski definition) is 4. The summed E-state index contributed by atoms with van der Waals surface area (Å²) in [5.74, 6) is -1.71. The van der Waals surface area contributed by atoms with Gasteiger partial charge in [0.2, 0.25) is 0 Å². The number of rotatable bonds is 5. The van der Waals surface area contributed by atoms with Crippen LogP contribution in [0.2, 0.25) is 10.0 Å². The van der Waals surface area contributed by atoms with Gasteiger partial charge in [0.25, 0.3) is 5.91 Å². The molecule has 0 heterocycles. The Kier molecular flexibility index (Phi) is 5.71. The van der Waals surface area contributed by atoms with Crippen molar-refractivity contribution in [1.29, 1.82) is 0 Å². The fourth-order valence-corrected chi connectivity index (χ4v) is 2.55. The maximum Gasteiger partial charge on any atom is 0.255 e. The molecule has 0 radical (unpaired) electrons. The zero-order valence-corrected chi connectivity index (χ0v) is 13.5. The lowest BCUT2D eigenvalue weighted by molar-refractivity contribution is 0.0914. The molecule has 23 heavy (non-hydrogen) atoms. The molecule has 0 aromatic heterocycles. The van der Waals surface area contributed by atoms with E-state index in [1.165, 1.54) is 0 Å². The number of benzene rings is 2. The van der Waals surface area contributed by atoms with Crippen LogP contribution in [0.5, 0.6) is 11.5 Å². The molecule has 2 aromatic rings. The number of phenols is 2. The topological polar surface area (TPSA) is 89.8 Å². The van der Waals surface area contributed by atoms with Gasteiger partial charge in [0.05, 0.1) is 23.2 Å². The molecule has 1 amide bonds. The van der Waals surface area contributed by atoms with Crippen LogP contribution < -0.4 is 5.32 Å². The molecule has 0 aliphatic rings. The minimum absolute atomic E-state index is 0.151. The summed E-state index contributed by atoms with van der Waals surface area (Å²) in [5.41, 5.74) is 0.766. The number of aromatic hydroxyl groups is 2. The van der Waals surface area contributed by atoms with Crippen molar-refractivity contribution >= 4 is 29.1 Å². The van der Waals surface area contributed by atoms with Crippen molar-refractivity contribution in [3.8, 4) is 11.5 Å². The van der Waals surface area contributed by atoms with Crippen LogP contribution >= 0.6 is 23.2 Å². The van der Waals surface area contributed by atoms with E-state index in [9.17, 15) is 20.1 Å². The lowest BCUT2D eigenvalue weighted by atomic mass is 10.1. The zero-order valence-electron chi connectivity index (χ0n) is 12.0. The average molecular weight is 356 g/mol. The van der Waals surface area contributed by atoms with Crippen molar-refractivity contribution in [3.63, 3.8) is 0 Å². The first kappa shape index (κ1) is 17.4. The first-order valence-corrected chi connectivity index (χ1v) is 7.55. The number of amides is 1. The second-order valence-electron chi connectivity index (χ2n) is 4.96. The Morgan fingerprint density at radius 2 is 1.78 bits per heavy atom. The van der Waals surface area contributed by atoms with Gasteiger partial charge in [-0.1, -0.05) is 53.5 Å². The number of aliphatic hydroxyl groups excluding tert-OH is 1. The van der Waals surface area contributed by atoms with Gasteiger partial charge < -0.3 is 20.6 Å². The molecule has 4 N–H and O–H groups in total. The number of carbonyl (C=O) groups is 1. The summed E-state index contributed by atoms with van der Waals surface area (Å²) in [5, 5.41) is 30.9. The highest BCUT2D eigenvalue weighted by atomic mass is 35.5. The normalized spacial score (nSPS) is 12.0. The number of nitrogens with one attached hydrogen (secondary N) is 1. The Hall–Kier alpha value is -1.95. The minimum Gasteiger partial charge on any atom is -0.505 e. The quantitative estimate of drug-likeness (QED) is 0.663. The first-order valence-electron chi connectivity index (χ1n) is 6.79. The fourth-order valence-electron chi connectivity index (χ4n) is 2.09. The predicted octanol–water partition coefficient (Wildman–Crippen LogP) is 2.74. The number of phenolic OH excluding ortho intramolecular Hbond substituents is 2. The van der Waals surface area contributed by atoms with Crippen molar-refractivity contribution in [2.75, 3.05) is 6.61 Å². The Morgan fingerprint density at radius 3 is 2.39 bits per heavy atom. The van der Waals surface area contributed by atoms with Gasteiger partial charge in [0.15, 0.2) is 11.5 Å². The monoisotopic (exact) mass is 355 g/mol. The van der Waals surface area contributed by atoms with Crippen molar-refractivity contribution in [2.45, 2.75) is 12.5 Å². The van der Waals surface area contributed by atoms with E-state index in [-0.39, 0.29) is 17.2 Å². The van der Waals surface area contributed by atoms with Crippen LogP contribution in [0.4, 0.5) is 0 Å². The molecule has 7 heteroatoms. The van der Waals surface area contributed by atoms with Gasteiger partial charge in [-0.2, -0.15) is 0 Å². The summed E-state index contributed by atoms with van der Waals surface area (Å²) in [7, 11) is 0. The van der Waals surface area contributed by atoms with Crippen LogP contribution in [0.1, 0.15) is 15.9 Å². The SMILES string of the molecule is O=C(N[C@H](CO)Cc1ccccc1)c1cc(Cl)c(O)c(Cl)c1O. The second kappa shape index (κ2) is 7.55. The van der Waals surface area contributed by atoms with E-state index in [0.29, 0.717) is 6.42 Å². The molecule has 0 bridgehead atoms. The molecule has 0 spiro atoms. The van der Waals surface area contributed by atoms with Gasteiger partial charge in [0, 0.05) is 0 Å². The summed E-state index contributed by atoms with van der Waals surface area (Å²) < 4.78 is 0. The molecule has 5 nitrogen and oxygen atoms in total.